The van der Waals surface area contributed by atoms with Gasteiger partial charge >= 0.3 is 0 Å². The second-order valence-corrected chi connectivity index (χ2v) is 9.33. The number of carbonyl (C=O) groups is 2. The van der Waals surface area contributed by atoms with Crippen molar-refractivity contribution in [1.29, 1.82) is 0 Å². The Morgan fingerprint density at radius 1 is 1.22 bits per heavy atom. The lowest BCUT2D eigenvalue weighted by atomic mass is 9.73. The number of fused-ring (bicyclic) bond motifs is 1. The summed E-state index contributed by atoms with van der Waals surface area (Å²) in [6.07, 6.45) is 0.866. The molecule has 0 spiro atoms. The zero-order valence-electron chi connectivity index (χ0n) is 19.0. The Morgan fingerprint density at radius 3 is 2.59 bits per heavy atom. The summed E-state index contributed by atoms with van der Waals surface area (Å²) in [5.41, 5.74) is 2.04. The Labute approximate surface area is 190 Å². The number of rotatable bonds is 5. The maximum absolute atomic E-state index is 12.9. The molecule has 0 aromatic heterocycles. The molecule has 0 bridgehead atoms. The third kappa shape index (κ3) is 4.83. The maximum atomic E-state index is 12.9. The number of aliphatic hydroxyl groups excluding tert-OH is 1. The summed E-state index contributed by atoms with van der Waals surface area (Å²) < 4.78 is 5.35. The van der Waals surface area contributed by atoms with Gasteiger partial charge in [0.1, 0.15) is 0 Å². The Morgan fingerprint density at radius 2 is 1.94 bits per heavy atom. The topological polar surface area (TPSA) is 73.3 Å². The van der Waals surface area contributed by atoms with Crippen molar-refractivity contribution in [2.75, 3.05) is 52.5 Å². The maximum Gasteiger partial charge on any atom is 0.242 e. The van der Waals surface area contributed by atoms with Gasteiger partial charge in [-0.1, -0.05) is 37.8 Å². The summed E-state index contributed by atoms with van der Waals surface area (Å²) in [4.78, 5) is 31.2. The van der Waals surface area contributed by atoms with Crippen molar-refractivity contribution in [3.8, 4) is 11.8 Å². The lowest BCUT2D eigenvalue weighted by Crippen LogP contribution is -2.73. The van der Waals surface area contributed by atoms with Crippen LogP contribution in [0.4, 0.5) is 0 Å². The molecule has 2 amide bonds. The number of amides is 2. The number of morpholine rings is 1. The molecular formula is C25H33N3O4. The fourth-order valence-corrected chi connectivity index (χ4v) is 4.89. The number of hydrogen-bond donors (Lipinski definition) is 1. The molecule has 3 saturated heterocycles. The number of aliphatic hydroxyl groups is 1. The molecule has 7 heteroatoms. The molecule has 0 radical (unpaired) electrons. The van der Waals surface area contributed by atoms with E-state index in [1.54, 1.807) is 9.80 Å². The minimum Gasteiger partial charge on any atom is -0.394 e. The highest BCUT2D eigenvalue weighted by atomic mass is 16.5. The Kier molecular flexibility index (Phi) is 7.14. The minimum atomic E-state index is -0.234. The summed E-state index contributed by atoms with van der Waals surface area (Å²) in [7, 11) is 0. The SMILES string of the molecule is CC(C)CC#Cc1ccc([C@@H]2[C@@H](CO)N3C(=O)CN(C(=O)CN4CCOCC4)C[C@@H]23)cc1. The quantitative estimate of drug-likeness (QED) is 0.691. The Balaban J connectivity index is 1.44. The predicted octanol–water partition coefficient (Wildman–Crippen LogP) is 0.914. The number of carbonyl (C=O) groups excluding carboxylic acids is 2. The van der Waals surface area contributed by atoms with E-state index in [2.05, 4.69) is 30.6 Å². The van der Waals surface area contributed by atoms with Crippen LogP contribution in [0.1, 0.15) is 37.3 Å². The van der Waals surface area contributed by atoms with Gasteiger partial charge in [-0.15, -0.1) is 0 Å². The van der Waals surface area contributed by atoms with Crippen LogP contribution in [0.25, 0.3) is 0 Å². The molecule has 3 aliphatic heterocycles. The fraction of sp³-hybridized carbons (Fsp3) is 0.600. The number of ether oxygens (including phenoxy) is 1. The second kappa shape index (κ2) is 10.0. The van der Waals surface area contributed by atoms with E-state index in [-0.39, 0.29) is 43.0 Å². The van der Waals surface area contributed by atoms with Gasteiger partial charge in [-0.25, -0.2) is 0 Å². The highest BCUT2D eigenvalue weighted by Crippen LogP contribution is 2.42. The summed E-state index contributed by atoms with van der Waals surface area (Å²) in [5, 5.41) is 9.97. The highest BCUT2D eigenvalue weighted by Gasteiger charge is 2.54. The highest BCUT2D eigenvalue weighted by molar-refractivity contribution is 5.88. The molecule has 3 atom stereocenters. The van der Waals surface area contributed by atoms with Crippen molar-refractivity contribution in [2.45, 2.75) is 38.3 Å². The molecule has 172 valence electrons. The lowest BCUT2D eigenvalue weighted by Gasteiger charge is -2.58. The summed E-state index contributed by atoms with van der Waals surface area (Å²) >= 11 is 0. The number of hydrogen-bond acceptors (Lipinski definition) is 5. The van der Waals surface area contributed by atoms with Gasteiger partial charge in [-0.05, 0) is 23.6 Å². The van der Waals surface area contributed by atoms with Crippen molar-refractivity contribution >= 4 is 11.8 Å². The van der Waals surface area contributed by atoms with Gasteiger partial charge in [0.2, 0.25) is 11.8 Å². The summed E-state index contributed by atoms with van der Waals surface area (Å²) in [6.45, 7) is 7.90. The average molecular weight is 440 g/mol. The van der Waals surface area contributed by atoms with Gasteiger partial charge in [-0.3, -0.25) is 14.5 Å². The normalized spacial score (nSPS) is 25.8. The molecule has 1 aromatic carbocycles. The first-order valence-corrected chi connectivity index (χ1v) is 11.6. The van der Waals surface area contributed by atoms with Gasteiger partial charge in [0.15, 0.2) is 0 Å². The smallest absolute Gasteiger partial charge is 0.242 e. The van der Waals surface area contributed by atoms with Crippen molar-refractivity contribution < 1.29 is 19.4 Å². The number of nitrogens with zero attached hydrogens (tertiary/aromatic N) is 3. The molecule has 3 fully saturated rings. The van der Waals surface area contributed by atoms with Crippen molar-refractivity contribution in [2.24, 2.45) is 5.92 Å². The van der Waals surface area contributed by atoms with Gasteiger partial charge in [0, 0.05) is 37.5 Å². The Bertz CT molecular complexity index is 883. The van der Waals surface area contributed by atoms with Crippen LogP contribution in [0.15, 0.2) is 24.3 Å². The van der Waals surface area contributed by atoms with E-state index in [9.17, 15) is 14.7 Å². The molecular weight excluding hydrogens is 406 g/mol. The summed E-state index contributed by atoms with van der Waals surface area (Å²) in [6, 6.07) is 7.77. The molecule has 32 heavy (non-hydrogen) atoms. The van der Waals surface area contributed by atoms with Crippen LogP contribution < -0.4 is 0 Å². The van der Waals surface area contributed by atoms with Crippen LogP contribution in [0.5, 0.6) is 0 Å². The van der Waals surface area contributed by atoms with E-state index in [1.165, 1.54) is 0 Å². The van der Waals surface area contributed by atoms with Gasteiger partial charge in [-0.2, -0.15) is 0 Å². The van der Waals surface area contributed by atoms with E-state index >= 15 is 0 Å². The van der Waals surface area contributed by atoms with E-state index in [0.717, 1.165) is 30.6 Å². The van der Waals surface area contributed by atoms with E-state index in [1.807, 2.05) is 24.3 Å². The van der Waals surface area contributed by atoms with Gasteiger partial charge in [0.25, 0.3) is 0 Å². The first-order valence-electron chi connectivity index (χ1n) is 11.6. The monoisotopic (exact) mass is 439 g/mol. The van der Waals surface area contributed by atoms with Crippen LogP contribution >= 0.6 is 0 Å². The summed E-state index contributed by atoms with van der Waals surface area (Å²) in [5.74, 6) is 6.87. The van der Waals surface area contributed by atoms with Crippen LogP contribution in [-0.4, -0.2) is 96.2 Å². The molecule has 7 nitrogen and oxygen atoms in total. The van der Waals surface area contributed by atoms with E-state index < -0.39 is 0 Å². The molecule has 4 rings (SSSR count). The third-order valence-corrected chi connectivity index (χ3v) is 6.61. The Hall–Kier alpha value is -2.40. The molecule has 0 saturated carbocycles. The zero-order valence-corrected chi connectivity index (χ0v) is 19.0. The molecule has 3 heterocycles. The van der Waals surface area contributed by atoms with E-state index in [4.69, 9.17) is 4.74 Å². The first kappa shape index (κ1) is 22.8. The number of benzene rings is 1. The van der Waals surface area contributed by atoms with E-state index in [0.29, 0.717) is 32.2 Å². The van der Waals surface area contributed by atoms with Gasteiger partial charge < -0.3 is 19.6 Å². The van der Waals surface area contributed by atoms with Crippen molar-refractivity contribution in [1.82, 2.24) is 14.7 Å². The predicted molar refractivity (Wildman–Crippen MR) is 121 cm³/mol. The fourth-order valence-electron chi connectivity index (χ4n) is 4.89. The molecule has 3 aliphatic rings. The number of piperazine rings is 1. The van der Waals surface area contributed by atoms with Gasteiger partial charge in [0.05, 0.1) is 45.0 Å². The molecule has 0 unspecified atom stereocenters. The zero-order chi connectivity index (χ0) is 22.7. The third-order valence-electron chi connectivity index (χ3n) is 6.61. The second-order valence-electron chi connectivity index (χ2n) is 9.33. The molecule has 1 aromatic rings. The van der Waals surface area contributed by atoms with Crippen molar-refractivity contribution in [3.05, 3.63) is 35.4 Å². The minimum absolute atomic E-state index is 0.0122. The van der Waals surface area contributed by atoms with Crippen LogP contribution in [0, 0.1) is 17.8 Å². The van der Waals surface area contributed by atoms with Crippen LogP contribution in [-0.2, 0) is 14.3 Å². The standard InChI is InChI=1S/C25H33N3O4/c1-18(2)4-3-5-19-6-8-20(9-7-19)25-21-14-27(16-24(31)28(21)22(25)17-29)23(30)15-26-10-12-32-13-11-26/h6-9,18,21-22,25,29H,4,10-17H2,1-2H3/t21-,22+,25-/m0/s1. The van der Waals surface area contributed by atoms with Crippen LogP contribution in [0.3, 0.4) is 0 Å². The average Bonchev–Trinajstić information content (AvgIpc) is 2.76. The van der Waals surface area contributed by atoms with Crippen LogP contribution in [0.2, 0.25) is 0 Å². The first-order chi connectivity index (χ1) is 15.5. The largest absolute Gasteiger partial charge is 0.394 e. The van der Waals surface area contributed by atoms with Crippen molar-refractivity contribution in [3.63, 3.8) is 0 Å². The lowest BCUT2D eigenvalue weighted by molar-refractivity contribution is -0.167. The molecule has 0 aliphatic carbocycles. The molecule has 1 N–H and O–H groups in total.